The first-order valence-electron chi connectivity index (χ1n) is 4.91. The third-order valence-electron chi connectivity index (χ3n) is 3.20. The molecule has 0 aromatic heterocycles. The maximum absolute atomic E-state index is 8.89. The zero-order chi connectivity index (χ0) is 9.19. The third kappa shape index (κ3) is 2.46. The average Bonchev–Trinajstić information content (AvgIpc) is 2.03. The normalized spacial score (nSPS) is 27.0. The summed E-state index contributed by atoms with van der Waals surface area (Å²) in [6.45, 7) is 4.77. The molecule has 1 fully saturated rings. The average molecular weight is 171 g/mol. The largest absolute Gasteiger partial charge is 0.395 e. The minimum atomic E-state index is 0.0149. The maximum atomic E-state index is 8.89. The lowest BCUT2D eigenvalue weighted by Gasteiger charge is -2.36. The fraction of sp³-hybridized carbons (Fsp3) is 1.00. The van der Waals surface area contributed by atoms with Crippen molar-refractivity contribution in [2.24, 2.45) is 17.1 Å². The van der Waals surface area contributed by atoms with E-state index >= 15 is 0 Å². The van der Waals surface area contributed by atoms with Crippen molar-refractivity contribution in [1.29, 1.82) is 0 Å². The molecule has 1 rings (SSSR count). The Hall–Kier alpha value is -0.0800. The summed E-state index contributed by atoms with van der Waals surface area (Å²) in [6, 6.07) is 0.0149. The number of hydrogen-bond donors (Lipinski definition) is 2. The minimum absolute atomic E-state index is 0.0149. The first-order valence-corrected chi connectivity index (χ1v) is 4.91. The molecule has 1 unspecified atom stereocenters. The van der Waals surface area contributed by atoms with Gasteiger partial charge in [-0.15, -0.1) is 0 Å². The van der Waals surface area contributed by atoms with Crippen LogP contribution in [0.15, 0.2) is 0 Å². The maximum Gasteiger partial charge on any atom is 0.0585 e. The van der Waals surface area contributed by atoms with Crippen LogP contribution in [0, 0.1) is 11.3 Å². The molecule has 1 saturated carbocycles. The van der Waals surface area contributed by atoms with E-state index in [4.69, 9.17) is 10.8 Å². The van der Waals surface area contributed by atoms with Crippen molar-refractivity contribution in [3.05, 3.63) is 0 Å². The molecule has 0 spiro atoms. The molecular weight excluding hydrogens is 150 g/mol. The Bertz CT molecular complexity index is 135. The summed E-state index contributed by atoms with van der Waals surface area (Å²) in [4.78, 5) is 0. The molecule has 0 bridgehead atoms. The van der Waals surface area contributed by atoms with Crippen molar-refractivity contribution in [1.82, 2.24) is 0 Å². The van der Waals surface area contributed by atoms with Gasteiger partial charge in [-0.05, 0) is 37.0 Å². The van der Waals surface area contributed by atoms with Crippen LogP contribution >= 0.6 is 0 Å². The molecular formula is C10H21NO. The molecule has 1 aliphatic carbocycles. The topological polar surface area (TPSA) is 46.2 Å². The van der Waals surface area contributed by atoms with E-state index in [0.717, 1.165) is 0 Å². The van der Waals surface area contributed by atoms with Crippen LogP contribution in [-0.4, -0.2) is 17.8 Å². The molecule has 0 heterocycles. The van der Waals surface area contributed by atoms with Gasteiger partial charge in [0.15, 0.2) is 0 Å². The van der Waals surface area contributed by atoms with Gasteiger partial charge in [0, 0.05) is 6.04 Å². The van der Waals surface area contributed by atoms with Gasteiger partial charge in [-0.3, -0.25) is 0 Å². The van der Waals surface area contributed by atoms with Crippen LogP contribution in [0.4, 0.5) is 0 Å². The van der Waals surface area contributed by atoms with Gasteiger partial charge in [-0.1, -0.05) is 13.8 Å². The standard InChI is InChI=1S/C10H21NO/c1-10(2)5-3-8(4-6-10)9(11)7-12/h8-9,12H,3-7,11H2,1-2H3. The number of nitrogens with two attached hydrogens (primary N) is 1. The van der Waals surface area contributed by atoms with Crippen LogP contribution < -0.4 is 5.73 Å². The number of hydrogen-bond acceptors (Lipinski definition) is 2. The quantitative estimate of drug-likeness (QED) is 0.661. The molecule has 2 heteroatoms. The van der Waals surface area contributed by atoms with E-state index in [9.17, 15) is 0 Å². The molecule has 0 amide bonds. The van der Waals surface area contributed by atoms with Crippen molar-refractivity contribution in [3.8, 4) is 0 Å². The van der Waals surface area contributed by atoms with Gasteiger partial charge in [0.05, 0.1) is 6.61 Å². The van der Waals surface area contributed by atoms with E-state index in [1.165, 1.54) is 25.7 Å². The molecule has 0 aromatic rings. The minimum Gasteiger partial charge on any atom is -0.395 e. The Labute approximate surface area is 75.2 Å². The van der Waals surface area contributed by atoms with E-state index in [-0.39, 0.29) is 12.6 Å². The summed E-state index contributed by atoms with van der Waals surface area (Å²) in [5, 5.41) is 8.89. The Kier molecular flexibility index (Phi) is 3.13. The van der Waals surface area contributed by atoms with Crippen molar-refractivity contribution < 1.29 is 5.11 Å². The van der Waals surface area contributed by atoms with Gasteiger partial charge in [-0.2, -0.15) is 0 Å². The second kappa shape index (κ2) is 3.75. The monoisotopic (exact) mass is 171 g/mol. The van der Waals surface area contributed by atoms with Crippen molar-refractivity contribution in [2.75, 3.05) is 6.61 Å². The second-order valence-corrected chi connectivity index (χ2v) is 4.85. The van der Waals surface area contributed by atoms with E-state index in [1.54, 1.807) is 0 Å². The lowest BCUT2D eigenvalue weighted by Crippen LogP contribution is -2.37. The van der Waals surface area contributed by atoms with Gasteiger partial charge >= 0.3 is 0 Å². The van der Waals surface area contributed by atoms with E-state index in [1.807, 2.05) is 0 Å². The Balaban J connectivity index is 2.36. The Morgan fingerprint density at radius 1 is 1.42 bits per heavy atom. The predicted molar refractivity (Wildman–Crippen MR) is 50.8 cm³/mol. The van der Waals surface area contributed by atoms with Crippen LogP contribution in [0.5, 0.6) is 0 Å². The number of aliphatic hydroxyl groups excluding tert-OH is 1. The fourth-order valence-electron chi connectivity index (χ4n) is 2.00. The first kappa shape index (κ1) is 10.0. The van der Waals surface area contributed by atoms with Gasteiger partial charge in [0.1, 0.15) is 0 Å². The summed E-state index contributed by atoms with van der Waals surface area (Å²) in [5.41, 5.74) is 6.29. The molecule has 0 radical (unpaired) electrons. The molecule has 12 heavy (non-hydrogen) atoms. The highest BCUT2D eigenvalue weighted by Gasteiger charge is 2.29. The molecule has 0 aromatic carbocycles. The Morgan fingerprint density at radius 2 is 1.92 bits per heavy atom. The van der Waals surface area contributed by atoms with Gasteiger partial charge in [0.25, 0.3) is 0 Å². The van der Waals surface area contributed by atoms with E-state index in [0.29, 0.717) is 11.3 Å². The molecule has 3 N–H and O–H groups in total. The fourth-order valence-corrected chi connectivity index (χ4v) is 2.00. The number of aliphatic hydroxyl groups is 1. The van der Waals surface area contributed by atoms with Crippen LogP contribution in [0.25, 0.3) is 0 Å². The van der Waals surface area contributed by atoms with E-state index < -0.39 is 0 Å². The SMILES string of the molecule is CC1(C)CCC(C(N)CO)CC1. The summed E-state index contributed by atoms with van der Waals surface area (Å²) in [7, 11) is 0. The van der Waals surface area contributed by atoms with Crippen molar-refractivity contribution in [3.63, 3.8) is 0 Å². The molecule has 2 nitrogen and oxygen atoms in total. The van der Waals surface area contributed by atoms with Crippen molar-refractivity contribution >= 4 is 0 Å². The lowest BCUT2D eigenvalue weighted by atomic mass is 9.71. The molecule has 1 aliphatic rings. The summed E-state index contributed by atoms with van der Waals surface area (Å²) >= 11 is 0. The predicted octanol–water partition coefficient (Wildman–Crippen LogP) is 1.52. The highest BCUT2D eigenvalue weighted by Crippen LogP contribution is 2.38. The summed E-state index contributed by atoms with van der Waals surface area (Å²) < 4.78 is 0. The van der Waals surface area contributed by atoms with Gasteiger partial charge < -0.3 is 10.8 Å². The zero-order valence-corrected chi connectivity index (χ0v) is 8.21. The zero-order valence-electron chi connectivity index (χ0n) is 8.21. The number of rotatable bonds is 2. The smallest absolute Gasteiger partial charge is 0.0585 e. The van der Waals surface area contributed by atoms with Crippen molar-refractivity contribution in [2.45, 2.75) is 45.6 Å². The summed E-state index contributed by atoms with van der Waals surface area (Å²) in [6.07, 6.45) is 4.89. The van der Waals surface area contributed by atoms with Crippen LogP contribution in [0.3, 0.4) is 0 Å². The van der Waals surface area contributed by atoms with Crippen LogP contribution in [0.1, 0.15) is 39.5 Å². The molecule has 72 valence electrons. The molecule has 1 atom stereocenters. The highest BCUT2D eigenvalue weighted by molar-refractivity contribution is 4.83. The van der Waals surface area contributed by atoms with Crippen LogP contribution in [-0.2, 0) is 0 Å². The molecule has 0 aliphatic heterocycles. The summed E-state index contributed by atoms with van der Waals surface area (Å²) in [5.74, 6) is 0.558. The first-order chi connectivity index (χ1) is 5.55. The lowest BCUT2D eigenvalue weighted by molar-refractivity contribution is 0.142. The van der Waals surface area contributed by atoms with E-state index in [2.05, 4.69) is 13.8 Å². The Morgan fingerprint density at radius 3 is 2.33 bits per heavy atom. The van der Waals surface area contributed by atoms with Crippen LogP contribution in [0.2, 0.25) is 0 Å². The third-order valence-corrected chi connectivity index (χ3v) is 3.20. The highest BCUT2D eigenvalue weighted by atomic mass is 16.3. The second-order valence-electron chi connectivity index (χ2n) is 4.85. The van der Waals surface area contributed by atoms with Gasteiger partial charge in [-0.25, -0.2) is 0 Å². The van der Waals surface area contributed by atoms with Gasteiger partial charge in [0.2, 0.25) is 0 Å². The molecule has 0 saturated heterocycles.